The summed E-state index contributed by atoms with van der Waals surface area (Å²) in [6.45, 7) is 0. The molecule has 132 valence electrons. The maximum atomic E-state index is 12.8. The third-order valence-electron chi connectivity index (χ3n) is 4.78. The van der Waals surface area contributed by atoms with Crippen LogP contribution < -0.4 is 0 Å². The Labute approximate surface area is 145 Å². The van der Waals surface area contributed by atoms with Crippen LogP contribution in [0.25, 0.3) is 5.69 Å². The van der Waals surface area contributed by atoms with Gasteiger partial charge in [-0.3, -0.25) is 14.9 Å². The number of nitrogens with zero attached hydrogens (tertiary/aromatic N) is 5. The molecule has 1 aliphatic carbocycles. The van der Waals surface area contributed by atoms with Crippen molar-refractivity contribution in [2.24, 2.45) is 0 Å². The van der Waals surface area contributed by atoms with Crippen LogP contribution in [0.5, 0.6) is 0 Å². The summed E-state index contributed by atoms with van der Waals surface area (Å²) in [4.78, 5) is 29.3. The molecule has 25 heavy (non-hydrogen) atoms. The highest BCUT2D eigenvalue weighted by atomic mass is 16.6. The number of carbonyl (C=O) groups excluding carboxylic acids is 1. The summed E-state index contributed by atoms with van der Waals surface area (Å²) >= 11 is 0. The molecule has 8 heteroatoms. The third-order valence-corrected chi connectivity index (χ3v) is 4.78. The maximum Gasteiger partial charge on any atom is 0.295 e. The molecule has 1 amide bonds. The maximum absolute atomic E-state index is 12.8. The molecular formula is C17H21N5O3. The molecule has 1 aromatic carbocycles. The molecule has 0 aliphatic heterocycles. The second-order valence-corrected chi connectivity index (χ2v) is 6.36. The molecule has 1 saturated carbocycles. The van der Waals surface area contributed by atoms with Crippen LogP contribution in [0.2, 0.25) is 0 Å². The van der Waals surface area contributed by atoms with E-state index in [9.17, 15) is 14.9 Å². The van der Waals surface area contributed by atoms with E-state index in [1.165, 1.54) is 36.2 Å². The van der Waals surface area contributed by atoms with Crippen molar-refractivity contribution in [1.29, 1.82) is 0 Å². The largest absolute Gasteiger partial charge is 0.339 e. The van der Waals surface area contributed by atoms with Crippen molar-refractivity contribution >= 4 is 11.6 Å². The Bertz CT molecular complexity index is 752. The van der Waals surface area contributed by atoms with Gasteiger partial charge in [-0.05, 0) is 25.0 Å². The van der Waals surface area contributed by atoms with Crippen LogP contribution in [-0.4, -0.2) is 43.6 Å². The van der Waals surface area contributed by atoms with Crippen molar-refractivity contribution in [3.8, 4) is 5.69 Å². The summed E-state index contributed by atoms with van der Waals surface area (Å²) in [7, 11) is 1.79. The van der Waals surface area contributed by atoms with Gasteiger partial charge in [0, 0.05) is 24.7 Å². The third kappa shape index (κ3) is 3.67. The van der Waals surface area contributed by atoms with Gasteiger partial charge in [0.15, 0.2) is 0 Å². The molecular weight excluding hydrogens is 322 g/mol. The second kappa shape index (κ2) is 7.42. The zero-order chi connectivity index (χ0) is 17.8. The van der Waals surface area contributed by atoms with Crippen molar-refractivity contribution < 1.29 is 9.72 Å². The fourth-order valence-electron chi connectivity index (χ4n) is 3.34. The SMILES string of the molecule is CN(C(=O)c1ccc(-n2cncn2)c([N+](=O)[O-])c1)C1CCCCCC1. The van der Waals surface area contributed by atoms with Crippen LogP contribution in [-0.2, 0) is 0 Å². The Hall–Kier alpha value is -2.77. The van der Waals surface area contributed by atoms with Crippen molar-refractivity contribution in [3.63, 3.8) is 0 Å². The van der Waals surface area contributed by atoms with E-state index in [1.807, 2.05) is 0 Å². The first-order valence-electron chi connectivity index (χ1n) is 8.48. The van der Waals surface area contributed by atoms with Crippen LogP contribution in [0.15, 0.2) is 30.9 Å². The topological polar surface area (TPSA) is 94.2 Å². The molecule has 1 aromatic heterocycles. The second-order valence-electron chi connectivity index (χ2n) is 6.36. The lowest BCUT2D eigenvalue weighted by atomic mass is 10.1. The van der Waals surface area contributed by atoms with E-state index in [0.717, 1.165) is 25.7 Å². The standard InChI is InChI=1S/C17H21N5O3/c1-20(14-6-4-2-3-5-7-14)17(23)13-8-9-15(16(10-13)22(24)25)21-12-18-11-19-21/h8-12,14H,2-7H2,1H3. The van der Waals surface area contributed by atoms with Gasteiger partial charge in [-0.1, -0.05) is 25.7 Å². The summed E-state index contributed by atoms with van der Waals surface area (Å²) < 4.78 is 1.32. The molecule has 0 unspecified atom stereocenters. The molecule has 0 N–H and O–H groups in total. The number of nitro groups is 1. The minimum absolute atomic E-state index is 0.161. The molecule has 2 aromatic rings. The molecule has 1 fully saturated rings. The molecule has 0 atom stereocenters. The van der Waals surface area contributed by atoms with Crippen LogP contribution >= 0.6 is 0 Å². The van der Waals surface area contributed by atoms with Gasteiger partial charge in [0.2, 0.25) is 0 Å². The number of nitro benzene ring substituents is 1. The van der Waals surface area contributed by atoms with Crippen LogP contribution in [0.4, 0.5) is 5.69 Å². The molecule has 8 nitrogen and oxygen atoms in total. The van der Waals surface area contributed by atoms with Gasteiger partial charge in [-0.25, -0.2) is 9.67 Å². The van der Waals surface area contributed by atoms with E-state index in [4.69, 9.17) is 0 Å². The smallest absolute Gasteiger partial charge is 0.295 e. The summed E-state index contributed by atoms with van der Waals surface area (Å²) in [6.07, 6.45) is 9.32. The number of hydrogen-bond acceptors (Lipinski definition) is 5. The molecule has 0 saturated heterocycles. The van der Waals surface area contributed by atoms with Gasteiger partial charge in [0.25, 0.3) is 11.6 Å². The highest BCUT2D eigenvalue weighted by Crippen LogP contribution is 2.26. The Balaban J connectivity index is 1.87. The van der Waals surface area contributed by atoms with Gasteiger partial charge < -0.3 is 4.90 Å². The normalized spacial score (nSPS) is 15.6. The van der Waals surface area contributed by atoms with Gasteiger partial charge in [-0.15, -0.1) is 0 Å². The number of aromatic nitrogens is 3. The Morgan fingerprint density at radius 3 is 2.60 bits per heavy atom. The fraction of sp³-hybridized carbons (Fsp3) is 0.471. The zero-order valence-corrected chi connectivity index (χ0v) is 14.2. The number of amides is 1. The molecule has 0 spiro atoms. The minimum atomic E-state index is -0.501. The Morgan fingerprint density at radius 2 is 2.00 bits per heavy atom. The monoisotopic (exact) mass is 343 g/mol. The lowest BCUT2D eigenvalue weighted by Gasteiger charge is -2.27. The van der Waals surface area contributed by atoms with Crippen molar-refractivity contribution in [2.45, 2.75) is 44.6 Å². The predicted octanol–water partition coefficient (Wildman–Crippen LogP) is 2.97. The highest BCUT2D eigenvalue weighted by Gasteiger charge is 2.25. The van der Waals surface area contributed by atoms with Gasteiger partial charge in [0.05, 0.1) is 4.92 Å². The summed E-state index contributed by atoms with van der Waals surface area (Å²) in [5.74, 6) is -0.180. The first-order valence-corrected chi connectivity index (χ1v) is 8.48. The first-order chi connectivity index (χ1) is 12.1. The Morgan fingerprint density at radius 1 is 1.28 bits per heavy atom. The molecule has 0 bridgehead atoms. The van der Waals surface area contributed by atoms with Crippen LogP contribution in [0.1, 0.15) is 48.9 Å². The van der Waals surface area contributed by atoms with E-state index in [1.54, 1.807) is 24.1 Å². The fourth-order valence-corrected chi connectivity index (χ4v) is 3.34. The molecule has 3 rings (SSSR count). The molecule has 1 aliphatic rings. The lowest BCUT2D eigenvalue weighted by molar-refractivity contribution is -0.384. The number of hydrogen-bond donors (Lipinski definition) is 0. The van der Waals surface area contributed by atoms with E-state index in [0.29, 0.717) is 5.56 Å². The quantitative estimate of drug-likeness (QED) is 0.483. The van der Waals surface area contributed by atoms with Gasteiger partial charge in [0.1, 0.15) is 18.3 Å². The van der Waals surface area contributed by atoms with Gasteiger partial charge in [-0.2, -0.15) is 5.10 Å². The van der Waals surface area contributed by atoms with E-state index < -0.39 is 4.92 Å². The molecule has 1 heterocycles. The number of carbonyl (C=O) groups is 1. The van der Waals surface area contributed by atoms with E-state index >= 15 is 0 Å². The van der Waals surface area contributed by atoms with E-state index in [2.05, 4.69) is 10.1 Å². The van der Waals surface area contributed by atoms with Crippen LogP contribution in [0.3, 0.4) is 0 Å². The van der Waals surface area contributed by atoms with E-state index in [-0.39, 0.29) is 23.3 Å². The van der Waals surface area contributed by atoms with Crippen molar-refractivity contribution in [1.82, 2.24) is 19.7 Å². The number of benzene rings is 1. The Kier molecular flexibility index (Phi) is 5.06. The van der Waals surface area contributed by atoms with Crippen molar-refractivity contribution in [2.75, 3.05) is 7.05 Å². The average molecular weight is 343 g/mol. The first kappa shape index (κ1) is 17.1. The average Bonchev–Trinajstić information content (AvgIpc) is 3.02. The predicted molar refractivity (Wildman–Crippen MR) is 91.6 cm³/mol. The van der Waals surface area contributed by atoms with Gasteiger partial charge >= 0.3 is 0 Å². The molecule has 0 radical (unpaired) electrons. The summed E-state index contributed by atoms with van der Waals surface area (Å²) in [6, 6.07) is 4.68. The lowest BCUT2D eigenvalue weighted by Crippen LogP contribution is -2.36. The van der Waals surface area contributed by atoms with Crippen molar-refractivity contribution in [3.05, 3.63) is 46.5 Å². The summed E-state index contributed by atoms with van der Waals surface area (Å²) in [5, 5.41) is 15.4. The highest BCUT2D eigenvalue weighted by molar-refractivity contribution is 5.95. The van der Waals surface area contributed by atoms with Crippen LogP contribution in [0, 0.1) is 10.1 Å². The minimum Gasteiger partial charge on any atom is -0.339 e. The zero-order valence-electron chi connectivity index (χ0n) is 14.2. The number of rotatable bonds is 4. The summed E-state index contributed by atoms with van der Waals surface area (Å²) in [5.41, 5.74) is 0.448.